The van der Waals surface area contributed by atoms with Crippen molar-refractivity contribution in [1.29, 1.82) is 0 Å². The van der Waals surface area contributed by atoms with E-state index in [1.807, 2.05) is 42.5 Å². The maximum absolute atomic E-state index is 10.2. The van der Waals surface area contributed by atoms with Crippen molar-refractivity contribution < 1.29 is 10.2 Å². The smallest absolute Gasteiger partial charge is 0.115 e. The van der Waals surface area contributed by atoms with E-state index in [-0.39, 0.29) is 11.5 Å². The molecule has 0 radical (unpaired) electrons. The van der Waals surface area contributed by atoms with Crippen LogP contribution in [0.25, 0.3) is 77.9 Å². The largest absolute Gasteiger partial charge is 0.508 e. The Morgan fingerprint density at radius 3 is 1.45 bits per heavy atom. The summed E-state index contributed by atoms with van der Waals surface area (Å²) >= 11 is 0. The molecule has 0 aliphatic heterocycles. The normalized spacial score (nSPS) is 12.6. The third-order valence-corrected chi connectivity index (χ3v) is 10.4. The summed E-state index contributed by atoms with van der Waals surface area (Å²) in [5, 5.41) is 20.4. The van der Waals surface area contributed by atoms with Gasteiger partial charge in [0.25, 0.3) is 0 Å². The quantitative estimate of drug-likeness (QED) is 0.138. The number of allylic oxidation sites excluding steroid dienone is 8. The summed E-state index contributed by atoms with van der Waals surface area (Å²) in [5.74, 6) is 0.476. The minimum Gasteiger partial charge on any atom is -0.508 e. The van der Waals surface area contributed by atoms with Crippen LogP contribution in [-0.4, -0.2) is 10.2 Å². The van der Waals surface area contributed by atoms with Crippen LogP contribution in [0.5, 0.6) is 11.5 Å². The van der Waals surface area contributed by atoms with Gasteiger partial charge in [0, 0.05) is 0 Å². The Balaban J connectivity index is 1.31. The Morgan fingerprint density at radius 2 is 0.946 bits per heavy atom. The lowest BCUT2D eigenvalue weighted by Gasteiger charge is -2.21. The summed E-state index contributed by atoms with van der Waals surface area (Å²) in [6.07, 6.45) is 14.5. The van der Waals surface area contributed by atoms with Crippen molar-refractivity contribution in [1.82, 2.24) is 0 Å². The Morgan fingerprint density at radius 1 is 0.464 bits per heavy atom. The molecule has 7 aromatic carbocycles. The van der Waals surface area contributed by atoms with Gasteiger partial charge < -0.3 is 10.2 Å². The highest BCUT2D eigenvalue weighted by Gasteiger charge is 2.20. The van der Waals surface area contributed by atoms with Crippen molar-refractivity contribution in [3.8, 4) is 78.3 Å². The zero-order valence-corrected chi connectivity index (χ0v) is 31.2. The molecule has 0 atom stereocenters. The molecule has 2 heteroatoms. The number of hydrogen-bond donors (Lipinski definition) is 2. The van der Waals surface area contributed by atoms with Gasteiger partial charge in [-0.3, -0.25) is 0 Å². The van der Waals surface area contributed by atoms with Crippen LogP contribution in [0.1, 0.15) is 24.0 Å². The van der Waals surface area contributed by atoms with E-state index in [1.54, 1.807) is 30.3 Å². The van der Waals surface area contributed by atoms with Crippen LogP contribution >= 0.6 is 0 Å². The number of phenolic OH excluding ortho intramolecular Hbond substituents is 2. The Bertz CT molecular complexity index is 2620. The summed E-state index contributed by atoms with van der Waals surface area (Å²) < 4.78 is 0. The van der Waals surface area contributed by atoms with Crippen LogP contribution in [0, 0.1) is 0 Å². The summed E-state index contributed by atoms with van der Waals surface area (Å²) in [4.78, 5) is 0. The van der Waals surface area contributed by atoms with Crippen LogP contribution in [0.2, 0.25) is 0 Å². The molecule has 0 saturated heterocycles. The molecule has 0 amide bonds. The Labute approximate surface area is 329 Å². The minimum absolute atomic E-state index is 0.226. The molecule has 1 aliphatic carbocycles. The third kappa shape index (κ3) is 7.33. The molecule has 2 N–H and O–H groups in total. The predicted molar refractivity (Wildman–Crippen MR) is 237 cm³/mol. The van der Waals surface area contributed by atoms with E-state index < -0.39 is 0 Å². The standard InChI is InChI=1S/C54H42O2/c1-3-14-37(4-2)49-33-45(34-50(40-15-8-5-9-16-40)53(49)43-25-29-47(55)30-26-43)38-21-23-39(24-22-38)46-35-51(41-17-10-6-11-18-41)54(44-27-31-48(56)32-28-44)52(36-46)42-19-12-7-13-20-42/h3-6,8-12,14-36,55-56H,1-2,7,13H2/b37-14+. The maximum Gasteiger partial charge on any atom is 0.115 e. The first kappa shape index (κ1) is 35.8. The molecule has 8 rings (SSSR count). The highest BCUT2D eigenvalue weighted by atomic mass is 16.3. The Hall–Kier alpha value is -7.16. The minimum atomic E-state index is 0.226. The van der Waals surface area contributed by atoms with E-state index >= 15 is 0 Å². The number of phenols is 2. The fourth-order valence-electron chi connectivity index (χ4n) is 7.70. The first-order valence-corrected chi connectivity index (χ1v) is 19.0. The predicted octanol–water partition coefficient (Wildman–Crippen LogP) is 14.6. The molecule has 0 aromatic heterocycles. The molecule has 0 saturated carbocycles. The average Bonchev–Trinajstić information content (AvgIpc) is 3.26. The van der Waals surface area contributed by atoms with Crippen molar-refractivity contribution in [2.45, 2.75) is 12.8 Å². The molecule has 1 aliphatic rings. The number of rotatable bonds is 10. The van der Waals surface area contributed by atoms with Gasteiger partial charge >= 0.3 is 0 Å². The Kier molecular flexibility index (Phi) is 10.3. The van der Waals surface area contributed by atoms with Gasteiger partial charge in [0.2, 0.25) is 0 Å². The first-order valence-electron chi connectivity index (χ1n) is 19.0. The van der Waals surface area contributed by atoms with E-state index in [0.717, 1.165) is 90.7 Å². The fourth-order valence-corrected chi connectivity index (χ4v) is 7.70. The highest BCUT2D eigenvalue weighted by molar-refractivity contribution is 5.99. The van der Waals surface area contributed by atoms with Gasteiger partial charge in [-0.2, -0.15) is 0 Å². The SMILES string of the molecule is C=C/C=C(\C=C)c1cc(-c2ccc(-c3cc(C4=CCCC=C4)c(-c4ccc(O)cc4)c(-c4ccccc4)c3)cc2)cc(-c2ccccc2)c1-c1ccc(O)cc1. The van der Waals surface area contributed by atoms with Crippen molar-refractivity contribution >= 4 is 11.1 Å². The number of aromatic hydroxyl groups is 2. The van der Waals surface area contributed by atoms with E-state index in [2.05, 4.69) is 135 Å². The maximum atomic E-state index is 10.2. The monoisotopic (exact) mass is 722 g/mol. The van der Waals surface area contributed by atoms with Gasteiger partial charge in [-0.25, -0.2) is 0 Å². The van der Waals surface area contributed by atoms with Crippen molar-refractivity contribution in [3.63, 3.8) is 0 Å². The zero-order chi connectivity index (χ0) is 38.4. The van der Waals surface area contributed by atoms with Crippen LogP contribution in [-0.2, 0) is 0 Å². The molecule has 7 aromatic rings. The van der Waals surface area contributed by atoms with E-state index in [0.29, 0.717) is 0 Å². The summed E-state index contributed by atoms with van der Waals surface area (Å²) in [6.45, 7) is 8.18. The molecule has 0 fully saturated rings. The van der Waals surface area contributed by atoms with E-state index in [9.17, 15) is 10.2 Å². The molecule has 0 spiro atoms. The number of hydrogen-bond acceptors (Lipinski definition) is 2. The van der Waals surface area contributed by atoms with Crippen molar-refractivity contribution in [3.05, 3.63) is 218 Å². The third-order valence-electron chi connectivity index (χ3n) is 10.4. The second kappa shape index (κ2) is 16.1. The van der Waals surface area contributed by atoms with Gasteiger partial charge in [-0.15, -0.1) is 0 Å². The second-order valence-electron chi connectivity index (χ2n) is 14.0. The van der Waals surface area contributed by atoms with Crippen LogP contribution in [0.4, 0.5) is 0 Å². The molecular formula is C54H42O2. The molecular weight excluding hydrogens is 681 g/mol. The molecule has 0 unspecified atom stereocenters. The van der Waals surface area contributed by atoms with Gasteiger partial charge in [0.15, 0.2) is 0 Å². The van der Waals surface area contributed by atoms with Crippen LogP contribution in [0.15, 0.2) is 207 Å². The summed E-state index contributed by atoms with van der Waals surface area (Å²) in [6, 6.07) is 54.0. The van der Waals surface area contributed by atoms with Gasteiger partial charge in [0.1, 0.15) is 11.5 Å². The lowest BCUT2D eigenvalue weighted by Crippen LogP contribution is -1.97. The fraction of sp³-hybridized carbons (Fsp3) is 0.0370. The summed E-state index contributed by atoms with van der Waals surface area (Å²) in [7, 11) is 0. The molecule has 2 nitrogen and oxygen atoms in total. The average molecular weight is 723 g/mol. The van der Waals surface area contributed by atoms with Gasteiger partial charge in [-0.1, -0.05) is 159 Å². The molecule has 0 heterocycles. The zero-order valence-electron chi connectivity index (χ0n) is 31.2. The second-order valence-corrected chi connectivity index (χ2v) is 14.0. The van der Waals surface area contributed by atoms with Crippen molar-refractivity contribution in [2.24, 2.45) is 0 Å². The first-order chi connectivity index (χ1) is 27.5. The van der Waals surface area contributed by atoms with E-state index in [4.69, 9.17) is 0 Å². The van der Waals surface area contributed by atoms with Gasteiger partial charge in [-0.05, 0) is 150 Å². The van der Waals surface area contributed by atoms with Crippen LogP contribution in [0.3, 0.4) is 0 Å². The molecule has 56 heavy (non-hydrogen) atoms. The topological polar surface area (TPSA) is 40.5 Å². The van der Waals surface area contributed by atoms with Gasteiger partial charge in [0.05, 0.1) is 0 Å². The highest BCUT2D eigenvalue weighted by Crippen LogP contribution is 2.45. The van der Waals surface area contributed by atoms with Crippen LogP contribution < -0.4 is 0 Å². The van der Waals surface area contributed by atoms with E-state index in [1.165, 1.54) is 11.1 Å². The molecule has 270 valence electrons. The van der Waals surface area contributed by atoms with Crippen molar-refractivity contribution in [2.75, 3.05) is 0 Å². The number of benzene rings is 7. The lowest BCUT2D eigenvalue weighted by atomic mass is 9.83. The summed E-state index contributed by atoms with van der Waals surface area (Å²) in [5.41, 5.74) is 17.5. The lowest BCUT2D eigenvalue weighted by molar-refractivity contribution is 0.475. The molecule has 0 bridgehead atoms.